The second-order valence-corrected chi connectivity index (χ2v) is 11.7. The molecule has 2 aliphatic carbocycles. The lowest BCUT2D eigenvalue weighted by Gasteiger charge is -2.34. The van der Waals surface area contributed by atoms with E-state index in [-0.39, 0.29) is 29.7 Å². The zero-order valence-corrected chi connectivity index (χ0v) is 24.2. The van der Waals surface area contributed by atoms with Gasteiger partial charge in [0, 0.05) is 25.3 Å². The second-order valence-electron chi connectivity index (χ2n) is 11.7. The number of likely N-dealkylation sites (N-methyl/N-ethyl adjacent to an activating group) is 1. The summed E-state index contributed by atoms with van der Waals surface area (Å²) in [7, 11) is 1.72. The average Bonchev–Trinajstić information content (AvgIpc) is 3.19. The van der Waals surface area contributed by atoms with Gasteiger partial charge in [0.25, 0.3) is 5.91 Å². The number of nitrogens with one attached hydrogen (secondary N) is 3. The Balaban J connectivity index is 1.63. The average molecular weight is 538 g/mol. The molecule has 8 nitrogen and oxygen atoms in total. The van der Waals surface area contributed by atoms with Crippen LogP contribution in [0.1, 0.15) is 89.3 Å². The molecular weight excluding hydrogens is 490 g/mol. The number of nitrogens with zero attached hydrogens (tertiary/aromatic N) is 2. The Bertz CT molecular complexity index is 1050. The fourth-order valence-corrected chi connectivity index (χ4v) is 6.16. The summed E-state index contributed by atoms with van der Waals surface area (Å²) >= 11 is 0. The Labute approximate surface area is 234 Å². The van der Waals surface area contributed by atoms with Gasteiger partial charge in [-0.15, -0.1) is 0 Å². The van der Waals surface area contributed by atoms with Crippen molar-refractivity contribution >= 4 is 17.7 Å². The predicted octanol–water partition coefficient (Wildman–Crippen LogP) is 3.64. The minimum Gasteiger partial charge on any atom is -0.372 e. The van der Waals surface area contributed by atoms with E-state index >= 15 is 0 Å². The van der Waals surface area contributed by atoms with E-state index in [9.17, 15) is 14.4 Å². The topological polar surface area (TPSA) is 93.8 Å². The maximum Gasteiger partial charge on any atom is 0.270 e. The molecule has 1 aromatic carbocycles. The van der Waals surface area contributed by atoms with E-state index in [1.807, 2.05) is 26.1 Å². The first-order chi connectivity index (χ1) is 18.8. The summed E-state index contributed by atoms with van der Waals surface area (Å²) in [5.74, 6) is -0.794. The number of carbonyl (C=O) groups excluding carboxylic acids is 3. The van der Waals surface area contributed by atoms with Gasteiger partial charge in [-0.25, -0.2) is 0 Å². The first kappa shape index (κ1) is 29.1. The maximum absolute atomic E-state index is 14.1. The van der Waals surface area contributed by atoms with Gasteiger partial charge in [0.2, 0.25) is 11.8 Å². The molecule has 1 fully saturated rings. The summed E-state index contributed by atoms with van der Waals surface area (Å²) in [6, 6.07) is 7.49. The molecule has 4 rings (SSSR count). The highest BCUT2D eigenvalue weighted by atomic mass is 16.2. The lowest BCUT2D eigenvalue weighted by molar-refractivity contribution is -0.138. The lowest BCUT2D eigenvalue weighted by Crippen LogP contribution is -2.55. The fourth-order valence-electron chi connectivity index (χ4n) is 6.16. The van der Waals surface area contributed by atoms with E-state index in [4.69, 9.17) is 0 Å². The minimum atomic E-state index is -0.721. The monoisotopic (exact) mass is 537 g/mol. The summed E-state index contributed by atoms with van der Waals surface area (Å²) in [5.41, 5.74) is 2.84. The molecule has 214 valence electrons. The van der Waals surface area contributed by atoms with Crippen LogP contribution in [0.5, 0.6) is 0 Å². The largest absolute Gasteiger partial charge is 0.372 e. The maximum atomic E-state index is 14.1. The zero-order chi connectivity index (χ0) is 27.9. The summed E-state index contributed by atoms with van der Waals surface area (Å²) in [6.45, 7) is 6.89. The normalized spacial score (nSPS) is 21.9. The zero-order valence-electron chi connectivity index (χ0n) is 24.2. The van der Waals surface area contributed by atoms with E-state index in [0.717, 1.165) is 45.1 Å². The van der Waals surface area contributed by atoms with Crippen molar-refractivity contribution in [2.75, 3.05) is 20.1 Å². The molecule has 3 unspecified atom stereocenters. The summed E-state index contributed by atoms with van der Waals surface area (Å²) in [4.78, 5) is 44.8. The van der Waals surface area contributed by atoms with Crippen molar-refractivity contribution in [2.24, 2.45) is 5.92 Å². The van der Waals surface area contributed by atoms with Crippen LogP contribution in [-0.2, 0) is 20.8 Å². The highest BCUT2D eigenvalue weighted by Gasteiger charge is 2.36. The van der Waals surface area contributed by atoms with Crippen molar-refractivity contribution in [1.82, 2.24) is 25.8 Å². The molecule has 1 heterocycles. The van der Waals surface area contributed by atoms with Crippen LogP contribution in [0.4, 0.5) is 0 Å². The number of aryl methyl sites for hydroxylation is 1. The van der Waals surface area contributed by atoms with E-state index in [1.165, 1.54) is 30.4 Å². The Morgan fingerprint density at radius 1 is 0.923 bits per heavy atom. The second kappa shape index (κ2) is 13.5. The molecule has 1 saturated carbocycles. The van der Waals surface area contributed by atoms with E-state index in [2.05, 4.69) is 39.0 Å². The molecule has 0 radical (unpaired) electrons. The lowest BCUT2D eigenvalue weighted by atomic mass is 9.87. The third-order valence-corrected chi connectivity index (χ3v) is 8.65. The first-order valence-corrected chi connectivity index (χ1v) is 15.0. The number of hydrogen-bond donors (Lipinski definition) is 3. The molecule has 3 atom stereocenters. The Morgan fingerprint density at radius 2 is 1.67 bits per heavy atom. The van der Waals surface area contributed by atoms with Crippen LogP contribution in [0.3, 0.4) is 0 Å². The molecule has 3 N–H and O–H groups in total. The summed E-state index contributed by atoms with van der Waals surface area (Å²) < 4.78 is 0. The Kier molecular flexibility index (Phi) is 10.1. The van der Waals surface area contributed by atoms with Crippen LogP contribution in [-0.4, -0.2) is 65.8 Å². The van der Waals surface area contributed by atoms with Crippen molar-refractivity contribution in [3.63, 3.8) is 0 Å². The van der Waals surface area contributed by atoms with Crippen LogP contribution in [0.2, 0.25) is 0 Å². The van der Waals surface area contributed by atoms with Gasteiger partial charge < -0.3 is 25.8 Å². The molecule has 0 saturated heterocycles. The van der Waals surface area contributed by atoms with Crippen LogP contribution in [0, 0.1) is 5.92 Å². The van der Waals surface area contributed by atoms with E-state index < -0.39 is 12.1 Å². The standard InChI is InChI=1S/C31H47N5O3/c1-21(2)28(34-29(37)22(3)32-4)31(39)36-19-11-18-35(24-14-6-5-7-15-24)20-27(36)30(38)33-26-17-10-13-23-12-8-9-16-25(23)26/h8-9,12,16,20-22,24,26,28,32H,5-7,10-11,13-15,17-19H2,1-4H3,(H,33,38)(H,34,37). The van der Waals surface area contributed by atoms with Crippen molar-refractivity contribution in [2.45, 2.75) is 103 Å². The van der Waals surface area contributed by atoms with Gasteiger partial charge in [-0.05, 0) is 69.5 Å². The Hall–Kier alpha value is -2.87. The number of rotatable bonds is 8. The molecule has 8 heteroatoms. The van der Waals surface area contributed by atoms with Gasteiger partial charge in [-0.2, -0.15) is 0 Å². The van der Waals surface area contributed by atoms with Crippen LogP contribution >= 0.6 is 0 Å². The number of carbonyl (C=O) groups is 3. The summed E-state index contributed by atoms with van der Waals surface area (Å²) in [5, 5.41) is 9.18. The highest BCUT2D eigenvalue weighted by molar-refractivity contribution is 5.99. The SMILES string of the molecule is CNC(C)C(=O)NC(C(=O)N1CCCN(C2CCCCC2)C=C1C(=O)NC1CCCc2ccccc21)C(C)C. The molecule has 0 bridgehead atoms. The van der Waals surface area contributed by atoms with Crippen molar-refractivity contribution in [3.05, 3.63) is 47.3 Å². The van der Waals surface area contributed by atoms with Crippen LogP contribution in [0.15, 0.2) is 36.2 Å². The fraction of sp³-hybridized carbons (Fsp3) is 0.645. The smallest absolute Gasteiger partial charge is 0.270 e. The van der Waals surface area contributed by atoms with Gasteiger partial charge in [-0.3, -0.25) is 14.4 Å². The van der Waals surface area contributed by atoms with Gasteiger partial charge >= 0.3 is 0 Å². The van der Waals surface area contributed by atoms with E-state index in [0.29, 0.717) is 18.3 Å². The highest BCUT2D eigenvalue weighted by Crippen LogP contribution is 2.31. The third-order valence-electron chi connectivity index (χ3n) is 8.65. The summed E-state index contributed by atoms with van der Waals surface area (Å²) in [6.07, 6.45) is 11.5. The van der Waals surface area contributed by atoms with Gasteiger partial charge in [0.15, 0.2) is 0 Å². The van der Waals surface area contributed by atoms with Crippen molar-refractivity contribution in [3.8, 4) is 0 Å². The number of benzene rings is 1. The first-order valence-electron chi connectivity index (χ1n) is 15.0. The molecule has 1 aliphatic heterocycles. The molecule has 0 aromatic heterocycles. The van der Waals surface area contributed by atoms with Crippen molar-refractivity contribution < 1.29 is 14.4 Å². The van der Waals surface area contributed by atoms with Crippen LogP contribution in [0.25, 0.3) is 0 Å². The van der Waals surface area contributed by atoms with Gasteiger partial charge in [0.05, 0.1) is 12.1 Å². The Morgan fingerprint density at radius 3 is 2.38 bits per heavy atom. The number of hydrogen-bond acceptors (Lipinski definition) is 5. The third kappa shape index (κ3) is 7.02. The minimum absolute atomic E-state index is 0.0798. The van der Waals surface area contributed by atoms with Crippen LogP contribution < -0.4 is 16.0 Å². The number of amides is 3. The molecule has 39 heavy (non-hydrogen) atoms. The van der Waals surface area contributed by atoms with Gasteiger partial charge in [0.1, 0.15) is 11.7 Å². The molecule has 0 spiro atoms. The molecule has 3 aliphatic rings. The number of fused-ring (bicyclic) bond motifs is 1. The molecular formula is C31H47N5O3. The van der Waals surface area contributed by atoms with Crippen molar-refractivity contribution in [1.29, 1.82) is 0 Å². The predicted molar refractivity (Wildman–Crippen MR) is 154 cm³/mol. The van der Waals surface area contributed by atoms with Gasteiger partial charge in [-0.1, -0.05) is 57.4 Å². The molecule has 1 aromatic rings. The quantitative estimate of drug-likeness (QED) is 0.471. The molecule has 3 amide bonds. The van der Waals surface area contributed by atoms with E-state index in [1.54, 1.807) is 18.9 Å².